The van der Waals surface area contributed by atoms with Crippen molar-refractivity contribution in [3.8, 4) is 0 Å². The first-order valence-corrected chi connectivity index (χ1v) is 8.04. The summed E-state index contributed by atoms with van der Waals surface area (Å²) in [5.41, 5.74) is -0.260. The number of aromatic nitrogens is 2. The maximum Gasteiger partial charge on any atom is 0.359 e. The molecule has 3 N–H and O–H groups in total. The molecule has 24 heavy (non-hydrogen) atoms. The molecular formula is C14H16N4O5S. The second kappa shape index (κ2) is 7.77. The number of ether oxygens (including phenoxy) is 1. The van der Waals surface area contributed by atoms with Gasteiger partial charge < -0.3 is 15.4 Å². The van der Waals surface area contributed by atoms with Crippen LogP contribution in [0.25, 0.3) is 0 Å². The number of nitrogens with one attached hydrogen (secondary N) is 3. The summed E-state index contributed by atoms with van der Waals surface area (Å²) in [5, 5.41) is 11.2. The number of urea groups is 1. The van der Waals surface area contributed by atoms with Gasteiger partial charge in [-0.15, -0.1) is 11.8 Å². The van der Waals surface area contributed by atoms with Crippen LogP contribution in [0.3, 0.4) is 0 Å². The molecule has 0 bridgehead atoms. The molecule has 0 saturated carbocycles. The van der Waals surface area contributed by atoms with Crippen LogP contribution in [0.15, 0.2) is 11.0 Å². The second-order valence-corrected chi connectivity index (χ2v) is 5.86. The van der Waals surface area contributed by atoms with Gasteiger partial charge in [0.2, 0.25) is 11.6 Å². The highest BCUT2D eigenvalue weighted by molar-refractivity contribution is 8.04. The van der Waals surface area contributed by atoms with E-state index in [2.05, 4.69) is 25.6 Å². The SMILES string of the molecule is CNC(=O)NCCCSC1=CC(=O)c2[nH]nc(C(=O)OC)c2C1=O. The lowest BCUT2D eigenvalue weighted by Gasteiger charge is -2.11. The van der Waals surface area contributed by atoms with Crippen LogP contribution in [0, 0.1) is 0 Å². The van der Waals surface area contributed by atoms with E-state index in [0.29, 0.717) is 18.7 Å². The Morgan fingerprint density at radius 3 is 2.79 bits per heavy atom. The highest BCUT2D eigenvalue weighted by atomic mass is 32.2. The number of Topliss-reactive ketones (excluding diaryl/α,β-unsaturated/α-hetero) is 1. The number of rotatable bonds is 6. The fourth-order valence-electron chi connectivity index (χ4n) is 2.02. The van der Waals surface area contributed by atoms with E-state index in [9.17, 15) is 19.2 Å². The molecule has 1 aromatic heterocycles. The van der Waals surface area contributed by atoms with Crippen LogP contribution in [0.1, 0.15) is 37.8 Å². The third-order valence-corrected chi connectivity index (χ3v) is 4.30. The summed E-state index contributed by atoms with van der Waals surface area (Å²) in [6.07, 6.45) is 1.83. The maximum atomic E-state index is 12.5. The zero-order valence-electron chi connectivity index (χ0n) is 13.1. The van der Waals surface area contributed by atoms with Gasteiger partial charge in [-0.3, -0.25) is 14.7 Å². The van der Waals surface area contributed by atoms with E-state index in [1.807, 2.05) is 0 Å². The molecule has 0 fully saturated rings. The molecule has 0 atom stereocenters. The number of hydrogen-bond acceptors (Lipinski definition) is 7. The van der Waals surface area contributed by atoms with E-state index < -0.39 is 17.5 Å². The summed E-state index contributed by atoms with van der Waals surface area (Å²) in [5.74, 6) is -1.12. The van der Waals surface area contributed by atoms with Crippen molar-refractivity contribution < 1.29 is 23.9 Å². The fourth-order valence-corrected chi connectivity index (χ4v) is 2.95. The molecule has 2 rings (SSSR count). The zero-order valence-corrected chi connectivity index (χ0v) is 13.9. The standard InChI is InChI=1S/C14H16N4O5S/c1-15-14(22)16-4-3-5-24-8-6-7(19)10-9(12(8)20)11(18-17-10)13(21)23-2/h6H,3-5H2,1-2H3,(H,17,18)(H2,15,16,22). The average molecular weight is 352 g/mol. The van der Waals surface area contributed by atoms with E-state index in [1.165, 1.54) is 32.0 Å². The minimum atomic E-state index is -0.783. The molecular weight excluding hydrogens is 336 g/mol. The maximum absolute atomic E-state index is 12.5. The number of methoxy groups -OCH3 is 1. The molecule has 0 aliphatic heterocycles. The number of carbonyl (C=O) groups is 4. The van der Waals surface area contributed by atoms with Gasteiger partial charge in [-0.2, -0.15) is 5.10 Å². The summed E-state index contributed by atoms with van der Waals surface area (Å²) < 4.78 is 4.57. The Morgan fingerprint density at radius 2 is 2.12 bits per heavy atom. The summed E-state index contributed by atoms with van der Waals surface area (Å²) >= 11 is 1.19. The Hall–Kier alpha value is -2.62. The number of nitrogens with zero attached hydrogens (tertiary/aromatic N) is 1. The molecule has 0 unspecified atom stereocenters. The minimum Gasteiger partial charge on any atom is -0.464 e. The minimum absolute atomic E-state index is 0.00830. The van der Waals surface area contributed by atoms with E-state index in [1.54, 1.807) is 0 Å². The fraction of sp³-hybridized carbons (Fsp3) is 0.357. The van der Waals surface area contributed by atoms with Gasteiger partial charge in [0.05, 0.1) is 17.6 Å². The third-order valence-electron chi connectivity index (χ3n) is 3.20. The van der Waals surface area contributed by atoms with Gasteiger partial charge in [0.15, 0.2) is 5.69 Å². The van der Waals surface area contributed by atoms with Crippen molar-refractivity contribution in [2.24, 2.45) is 0 Å². The van der Waals surface area contributed by atoms with Gasteiger partial charge in [-0.1, -0.05) is 0 Å². The second-order valence-electron chi connectivity index (χ2n) is 4.72. The Bertz CT molecular complexity index is 725. The monoisotopic (exact) mass is 352 g/mol. The number of hydrogen-bond donors (Lipinski definition) is 3. The first kappa shape index (κ1) is 17.7. The summed E-state index contributed by atoms with van der Waals surface area (Å²) in [6, 6.07) is -0.283. The highest BCUT2D eigenvalue weighted by Crippen LogP contribution is 2.29. The lowest BCUT2D eigenvalue weighted by Crippen LogP contribution is -2.33. The van der Waals surface area contributed by atoms with Crippen molar-refractivity contribution in [3.63, 3.8) is 0 Å². The number of aromatic amines is 1. The summed E-state index contributed by atoms with van der Waals surface area (Å²) in [7, 11) is 2.69. The number of esters is 1. The van der Waals surface area contributed by atoms with Crippen LogP contribution in [-0.2, 0) is 4.74 Å². The van der Waals surface area contributed by atoms with Crippen LogP contribution < -0.4 is 10.6 Å². The van der Waals surface area contributed by atoms with Crippen LogP contribution in [0.4, 0.5) is 4.79 Å². The van der Waals surface area contributed by atoms with Crippen molar-refractivity contribution in [2.45, 2.75) is 6.42 Å². The van der Waals surface area contributed by atoms with Gasteiger partial charge >= 0.3 is 12.0 Å². The lowest BCUT2D eigenvalue weighted by molar-refractivity contribution is 0.0591. The smallest absolute Gasteiger partial charge is 0.359 e. The van der Waals surface area contributed by atoms with Crippen LogP contribution in [0.5, 0.6) is 0 Å². The highest BCUT2D eigenvalue weighted by Gasteiger charge is 2.34. The topological polar surface area (TPSA) is 130 Å². The molecule has 128 valence electrons. The van der Waals surface area contributed by atoms with Gasteiger partial charge in [-0.05, 0) is 12.2 Å². The van der Waals surface area contributed by atoms with E-state index >= 15 is 0 Å². The lowest BCUT2D eigenvalue weighted by atomic mass is 9.99. The van der Waals surface area contributed by atoms with E-state index in [-0.39, 0.29) is 27.9 Å². The van der Waals surface area contributed by atoms with Crippen LogP contribution in [-0.4, -0.2) is 60.2 Å². The Morgan fingerprint density at radius 1 is 1.38 bits per heavy atom. The molecule has 9 nitrogen and oxygen atoms in total. The number of ketones is 2. The van der Waals surface area contributed by atoms with Crippen molar-refractivity contribution >= 4 is 35.3 Å². The van der Waals surface area contributed by atoms with Crippen LogP contribution >= 0.6 is 11.8 Å². The van der Waals surface area contributed by atoms with Crippen molar-refractivity contribution in [1.29, 1.82) is 0 Å². The number of H-pyrrole nitrogens is 1. The quantitative estimate of drug-likeness (QED) is 0.502. The number of carbonyl (C=O) groups excluding carboxylic acids is 4. The first-order chi connectivity index (χ1) is 11.5. The molecule has 0 saturated heterocycles. The molecule has 1 aromatic rings. The number of thioether (sulfide) groups is 1. The van der Waals surface area contributed by atoms with Gasteiger partial charge in [0, 0.05) is 19.7 Å². The molecule has 0 spiro atoms. The molecule has 2 amide bonds. The van der Waals surface area contributed by atoms with Crippen molar-refractivity contribution in [2.75, 3.05) is 26.5 Å². The Labute approximate surface area is 141 Å². The van der Waals surface area contributed by atoms with E-state index in [0.717, 1.165) is 0 Å². The average Bonchev–Trinajstić information content (AvgIpc) is 3.03. The molecule has 0 radical (unpaired) electrons. The van der Waals surface area contributed by atoms with Gasteiger partial charge in [0.1, 0.15) is 5.69 Å². The molecule has 1 aliphatic carbocycles. The first-order valence-electron chi connectivity index (χ1n) is 7.05. The summed E-state index contributed by atoms with van der Waals surface area (Å²) in [4.78, 5) is 47.5. The third kappa shape index (κ3) is 3.65. The van der Waals surface area contributed by atoms with Gasteiger partial charge in [0.25, 0.3) is 0 Å². The number of amides is 2. The predicted molar refractivity (Wildman–Crippen MR) is 86.2 cm³/mol. The van der Waals surface area contributed by atoms with Gasteiger partial charge in [-0.25, -0.2) is 9.59 Å². The number of fused-ring (bicyclic) bond motifs is 1. The molecule has 1 heterocycles. The van der Waals surface area contributed by atoms with E-state index in [4.69, 9.17) is 0 Å². The molecule has 0 aromatic carbocycles. The summed E-state index contributed by atoms with van der Waals surface area (Å²) in [6.45, 7) is 0.437. The normalized spacial score (nSPS) is 13.2. The Balaban J connectivity index is 2.02. The number of allylic oxidation sites excluding steroid dienone is 2. The molecule has 1 aliphatic rings. The van der Waals surface area contributed by atoms with Crippen molar-refractivity contribution in [3.05, 3.63) is 27.9 Å². The van der Waals surface area contributed by atoms with Crippen LogP contribution in [0.2, 0.25) is 0 Å². The largest absolute Gasteiger partial charge is 0.464 e. The molecule has 10 heteroatoms. The Kier molecular flexibility index (Phi) is 5.74. The van der Waals surface area contributed by atoms with Crippen molar-refractivity contribution in [1.82, 2.24) is 20.8 Å². The predicted octanol–water partition coefficient (Wildman–Crippen LogP) is 0.512. The zero-order chi connectivity index (χ0) is 17.7.